The highest BCUT2D eigenvalue weighted by atomic mass is 35.5. The standard InChI is InChI=1S/C22H16ClF5N2O2/c23-17-11-6-14(22(26,27)28)12-18(17)30-20(31)19(13-4-2-1-3-5-13)29-15-7-9-16(10-8-15)32-21(24)25/h1-12,19,21,29H,(H,30,31)/t19-/m1/s1. The molecule has 0 heterocycles. The highest BCUT2D eigenvalue weighted by Gasteiger charge is 2.31. The molecule has 1 atom stereocenters. The van der Waals surface area contributed by atoms with Crippen LogP contribution in [-0.4, -0.2) is 12.5 Å². The Kier molecular flexibility index (Phi) is 7.19. The number of carbonyl (C=O) groups excluding carboxylic acids is 1. The summed E-state index contributed by atoms with van der Waals surface area (Å²) in [7, 11) is 0. The molecule has 3 aromatic carbocycles. The van der Waals surface area contributed by atoms with Gasteiger partial charge in [-0.05, 0) is 48.0 Å². The average Bonchev–Trinajstić information content (AvgIpc) is 2.74. The summed E-state index contributed by atoms with van der Waals surface area (Å²) in [5.41, 5.74) is -0.252. The Hall–Kier alpha value is -3.33. The number of nitrogens with one attached hydrogen (secondary N) is 2. The van der Waals surface area contributed by atoms with Gasteiger partial charge in [-0.3, -0.25) is 4.79 Å². The number of rotatable bonds is 7. The number of amides is 1. The van der Waals surface area contributed by atoms with E-state index < -0.39 is 30.3 Å². The number of halogens is 6. The quantitative estimate of drug-likeness (QED) is 0.375. The maximum absolute atomic E-state index is 13.0. The second kappa shape index (κ2) is 9.86. The van der Waals surface area contributed by atoms with Gasteiger partial charge < -0.3 is 15.4 Å². The Morgan fingerprint density at radius 2 is 1.59 bits per heavy atom. The molecule has 168 valence electrons. The molecular weight excluding hydrogens is 455 g/mol. The minimum absolute atomic E-state index is 0.0633. The molecule has 0 aliphatic heterocycles. The average molecular weight is 471 g/mol. The summed E-state index contributed by atoms with van der Waals surface area (Å²) >= 11 is 5.98. The third-order valence-corrected chi connectivity index (χ3v) is 4.67. The van der Waals surface area contributed by atoms with Gasteiger partial charge in [0.05, 0.1) is 16.3 Å². The van der Waals surface area contributed by atoms with Crippen molar-refractivity contribution in [2.75, 3.05) is 10.6 Å². The zero-order valence-corrected chi connectivity index (χ0v) is 16.9. The summed E-state index contributed by atoms with van der Waals surface area (Å²) in [5, 5.41) is 5.30. The van der Waals surface area contributed by atoms with E-state index >= 15 is 0 Å². The molecule has 3 rings (SSSR count). The predicted octanol–water partition coefficient (Wildman–Crippen LogP) is 6.75. The molecule has 0 radical (unpaired) electrons. The molecule has 0 spiro atoms. The summed E-state index contributed by atoms with van der Waals surface area (Å²) < 4.78 is 68.0. The maximum atomic E-state index is 13.0. The molecule has 0 unspecified atom stereocenters. The third kappa shape index (κ3) is 6.10. The fraction of sp³-hybridized carbons (Fsp3) is 0.136. The summed E-state index contributed by atoms with van der Waals surface area (Å²) in [6.07, 6.45) is -4.61. The number of hydrogen-bond acceptors (Lipinski definition) is 3. The van der Waals surface area contributed by atoms with Crippen molar-refractivity contribution < 1.29 is 31.5 Å². The number of benzene rings is 3. The zero-order valence-electron chi connectivity index (χ0n) is 16.2. The van der Waals surface area contributed by atoms with E-state index in [1.807, 2.05) is 0 Å². The van der Waals surface area contributed by atoms with E-state index in [4.69, 9.17) is 11.6 Å². The Labute approximate surface area is 185 Å². The van der Waals surface area contributed by atoms with Crippen LogP contribution in [0.3, 0.4) is 0 Å². The predicted molar refractivity (Wildman–Crippen MR) is 111 cm³/mol. The molecule has 1 amide bonds. The van der Waals surface area contributed by atoms with Crippen LogP contribution in [0.15, 0.2) is 72.8 Å². The van der Waals surface area contributed by atoms with E-state index in [9.17, 15) is 26.7 Å². The molecule has 10 heteroatoms. The molecule has 0 aromatic heterocycles. The van der Waals surface area contributed by atoms with Gasteiger partial charge in [0.15, 0.2) is 0 Å². The smallest absolute Gasteiger partial charge is 0.416 e. The molecule has 0 fully saturated rings. The third-order valence-electron chi connectivity index (χ3n) is 4.34. The van der Waals surface area contributed by atoms with E-state index in [1.54, 1.807) is 30.3 Å². The lowest BCUT2D eigenvalue weighted by Gasteiger charge is -2.21. The van der Waals surface area contributed by atoms with Crippen LogP contribution in [0.5, 0.6) is 5.75 Å². The molecule has 2 N–H and O–H groups in total. The van der Waals surface area contributed by atoms with Gasteiger partial charge in [0.25, 0.3) is 5.91 Å². The zero-order chi connectivity index (χ0) is 23.3. The summed E-state index contributed by atoms with van der Waals surface area (Å²) in [6, 6.07) is 15.4. The highest BCUT2D eigenvalue weighted by molar-refractivity contribution is 6.33. The summed E-state index contributed by atoms with van der Waals surface area (Å²) in [4.78, 5) is 13.0. The van der Waals surface area contributed by atoms with Crippen LogP contribution in [0, 0.1) is 0 Å². The summed E-state index contributed by atoms with van der Waals surface area (Å²) in [5.74, 6) is -0.743. The minimum atomic E-state index is -4.61. The van der Waals surface area contributed by atoms with Crippen molar-refractivity contribution in [3.8, 4) is 5.75 Å². The number of carbonyl (C=O) groups is 1. The van der Waals surface area contributed by atoms with Gasteiger partial charge >= 0.3 is 12.8 Å². The van der Waals surface area contributed by atoms with Crippen molar-refractivity contribution >= 4 is 28.9 Å². The van der Waals surface area contributed by atoms with E-state index in [1.165, 1.54) is 24.3 Å². The van der Waals surface area contributed by atoms with Crippen LogP contribution < -0.4 is 15.4 Å². The fourth-order valence-corrected chi connectivity index (χ4v) is 3.01. The first-order valence-corrected chi connectivity index (χ1v) is 9.55. The van der Waals surface area contributed by atoms with Crippen molar-refractivity contribution in [3.63, 3.8) is 0 Å². The first kappa shape index (κ1) is 23.3. The van der Waals surface area contributed by atoms with Crippen molar-refractivity contribution in [1.29, 1.82) is 0 Å². The molecule has 0 saturated carbocycles. The van der Waals surface area contributed by atoms with E-state index in [-0.39, 0.29) is 16.5 Å². The molecule has 4 nitrogen and oxygen atoms in total. The maximum Gasteiger partial charge on any atom is 0.416 e. The second-order valence-electron chi connectivity index (χ2n) is 6.57. The van der Waals surface area contributed by atoms with Crippen LogP contribution >= 0.6 is 11.6 Å². The number of anilines is 2. The van der Waals surface area contributed by atoms with Gasteiger partial charge in [-0.25, -0.2) is 0 Å². The molecular formula is C22H16ClF5N2O2. The summed E-state index contributed by atoms with van der Waals surface area (Å²) in [6.45, 7) is -2.98. The molecule has 0 bridgehead atoms. The van der Waals surface area contributed by atoms with Gasteiger partial charge in [0.1, 0.15) is 11.8 Å². The van der Waals surface area contributed by atoms with Crippen molar-refractivity contribution in [2.45, 2.75) is 18.8 Å². The highest BCUT2D eigenvalue weighted by Crippen LogP contribution is 2.34. The normalized spacial score (nSPS) is 12.3. The van der Waals surface area contributed by atoms with Crippen molar-refractivity contribution in [3.05, 3.63) is 88.9 Å². The van der Waals surface area contributed by atoms with E-state index in [0.29, 0.717) is 11.3 Å². The van der Waals surface area contributed by atoms with Crippen LogP contribution in [-0.2, 0) is 11.0 Å². The van der Waals surface area contributed by atoms with Gasteiger partial charge in [0, 0.05) is 5.69 Å². The van der Waals surface area contributed by atoms with Gasteiger partial charge in [-0.1, -0.05) is 41.9 Å². The second-order valence-corrected chi connectivity index (χ2v) is 6.98. The monoisotopic (exact) mass is 470 g/mol. The lowest BCUT2D eigenvalue weighted by molar-refractivity contribution is -0.137. The van der Waals surface area contributed by atoms with Crippen LogP contribution in [0.2, 0.25) is 5.02 Å². The van der Waals surface area contributed by atoms with Gasteiger partial charge in [-0.2, -0.15) is 22.0 Å². The van der Waals surface area contributed by atoms with E-state index in [0.717, 1.165) is 18.2 Å². The molecule has 0 aliphatic rings. The Bertz CT molecular complexity index is 1060. The SMILES string of the molecule is O=C(Nc1cc(C(F)(F)F)ccc1Cl)[C@H](Nc1ccc(OC(F)F)cc1)c1ccccc1. The Balaban J connectivity index is 1.86. The van der Waals surface area contributed by atoms with Crippen LogP contribution in [0.4, 0.5) is 33.3 Å². The number of ether oxygens (including phenoxy) is 1. The minimum Gasteiger partial charge on any atom is -0.435 e. The molecule has 32 heavy (non-hydrogen) atoms. The molecule has 0 saturated heterocycles. The topological polar surface area (TPSA) is 50.4 Å². The lowest BCUT2D eigenvalue weighted by Crippen LogP contribution is -2.27. The van der Waals surface area contributed by atoms with Crippen molar-refractivity contribution in [2.24, 2.45) is 0 Å². The number of alkyl halides is 5. The first-order chi connectivity index (χ1) is 15.1. The Morgan fingerprint density at radius 3 is 2.19 bits per heavy atom. The number of hydrogen-bond donors (Lipinski definition) is 2. The first-order valence-electron chi connectivity index (χ1n) is 9.17. The van der Waals surface area contributed by atoms with Gasteiger partial charge in [-0.15, -0.1) is 0 Å². The largest absolute Gasteiger partial charge is 0.435 e. The fourth-order valence-electron chi connectivity index (χ4n) is 2.85. The van der Waals surface area contributed by atoms with Crippen LogP contribution in [0.25, 0.3) is 0 Å². The Morgan fingerprint density at radius 1 is 0.938 bits per heavy atom. The lowest BCUT2D eigenvalue weighted by atomic mass is 10.1. The molecule has 0 aliphatic carbocycles. The van der Waals surface area contributed by atoms with Crippen molar-refractivity contribution in [1.82, 2.24) is 0 Å². The van der Waals surface area contributed by atoms with Crippen LogP contribution in [0.1, 0.15) is 17.2 Å². The molecule has 3 aromatic rings. The van der Waals surface area contributed by atoms with E-state index in [2.05, 4.69) is 15.4 Å². The van der Waals surface area contributed by atoms with Gasteiger partial charge in [0.2, 0.25) is 0 Å².